The predicted molar refractivity (Wildman–Crippen MR) is 141 cm³/mol. The second-order valence-electron chi connectivity index (χ2n) is 9.61. The molecule has 2 aromatic rings. The smallest absolute Gasteiger partial charge is 0.305 e. The fourth-order valence-corrected chi connectivity index (χ4v) is 6.09. The molecule has 0 amide bonds. The summed E-state index contributed by atoms with van der Waals surface area (Å²) < 4.78 is 5.93. The van der Waals surface area contributed by atoms with Crippen LogP contribution in [-0.4, -0.2) is 34.1 Å². The predicted octanol–water partition coefficient (Wildman–Crippen LogP) is 6.46. The number of rotatable bonds is 7. The van der Waals surface area contributed by atoms with Gasteiger partial charge in [-0.25, -0.2) is 0 Å². The number of halogens is 2. The minimum atomic E-state index is -0.907. The number of aliphatic carboxylic acids is 1. The van der Waals surface area contributed by atoms with Crippen LogP contribution in [0.15, 0.2) is 65.0 Å². The molecule has 3 aliphatic rings. The molecule has 0 bridgehead atoms. The van der Waals surface area contributed by atoms with E-state index in [4.69, 9.17) is 27.9 Å². The van der Waals surface area contributed by atoms with E-state index in [1.807, 2.05) is 29.2 Å². The van der Waals surface area contributed by atoms with E-state index in [0.29, 0.717) is 72.1 Å². The van der Waals surface area contributed by atoms with Gasteiger partial charge in [-0.2, -0.15) is 0 Å². The summed E-state index contributed by atoms with van der Waals surface area (Å²) in [6.45, 7) is 0.542. The second kappa shape index (κ2) is 10.7. The van der Waals surface area contributed by atoms with Crippen LogP contribution in [0.2, 0.25) is 10.0 Å². The lowest BCUT2D eigenvalue weighted by molar-refractivity contribution is -0.137. The Hall–Kier alpha value is -3.09. The summed E-state index contributed by atoms with van der Waals surface area (Å²) >= 11 is 12.7. The van der Waals surface area contributed by atoms with E-state index in [9.17, 15) is 19.5 Å². The number of hydrogen-bond acceptors (Lipinski definition) is 5. The Morgan fingerprint density at radius 2 is 1.62 bits per heavy atom. The number of Topliss-reactive ketones (excluding diaryl/α,β-unsaturated/α-hetero) is 2. The van der Waals surface area contributed by atoms with Crippen molar-refractivity contribution >= 4 is 40.7 Å². The van der Waals surface area contributed by atoms with Crippen LogP contribution in [-0.2, 0) is 21.0 Å². The number of carbonyl (C=O) groups is 3. The number of carboxylic acid groups (broad SMARTS) is 1. The zero-order valence-corrected chi connectivity index (χ0v) is 21.8. The Kier molecular flexibility index (Phi) is 7.40. The van der Waals surface area contributed by atoms with Gasteiger partial charge in [-0.05, 0) is 61.1 Å². The molecular weight excluding hydrogens is 513 g/mol. The zero-order chi connectivity index (χ0) is 26.1. The third kappa shape index (κ3) is 5.18. The van der Waals surface area contributed by atoms with E-state index in [0.717, 1.165) is 22.5 Å². The van der Waals surface area contributed by atoms with E-state index in [1.165, 1.54) is 0 Å². The molecule has 0 spiro atoms. The molecule has 0 atom stereocenters. The molecule has 192 valence electrons. The van der Waals surface area contributed by atoms with Crippen molar-refractivity contribution in [2.75, 3.05) is 6.54 Å². The van der Waals surface area contributed by atoms with Gasteiger partial charge in [0.1, 0.15) is 12.4 Å². The molecule has 0 aromatic heterocycles. The fourth-order valence-electron chi connectivity index (χ4n) is 5.63. The first-order valence-corrected chi connectivity index (χ1v) is 13.3. The van der Waals surface area contributed by atoms with Crippen LogP contribution in [0, 0.1) is 0 Å². The molecule has 6 nitrogen and oxygen atoms in total. The van der Waals surface area contributed by atoms with E-state index in [2.05, 4.69) is 0 Å². The highest BCUT2D eigenvalue weighted by atomic mass is 35.5. The molecule has 8 heteroatoms. The SMILES string of the molecule is O=C(O)CCN1C2=C(C(=O)CCC2)C(c2ccc(OCc3cccc(Cl)c3)c(Cl)c2)C2=C1CCCC2=O. The van der Waals surface area contributed by atoms with Gasteiger partial charge in [0.15, 0.2) is 11.6 Å². The molecule has 2 aliphatic carbocycles. The minimum absolute atomic E-state index is 0.00824. The van der Waals surface area contributed by atoms with Gasteiger partial charge in [-0.1, -0.05) is 41.4 Å². The van der Waals surface area contributed by atoms with Crippen LogP contribution >= 0.6 is 23.2 Å². The first-order chi connectivity index (χ1) is 17.8. The number of allylic oxidation sites excluding steroid dienone is 4. The first kappa shape index (κ1) is 25.6. The molecule has 1 aliphatic heterocycles. The quantitative estimate of drug-likeness (QED) is 0.434. The van der Waals surface area contributed by atoms with Gasteiger partial charge < -0.3 is 14.7 Å². The largest absolute Gasteiger partial charge is 0.487 e. The number of ketones is 2. The van der Waals surface area contributed by atoms with E-state index in [1.54, 1.807) is 18.2 Å². The van der Waals surface area contributed by atoms with Gasteiger partial charge in [-0.3, -0.25) is 14.4 Å². The Balaban J connectivity index is 1.53. The van der Waals surface area contributed by atoms with Crippen molar-refractivity contribution in [3.05, 3.63) is 86.2 Å². The highest BCUT2D eigenvalue weighted by molar-refractivity contribution is 6.32. The molecular formula is C29H27Cl2NO5. The molecule has 0 unspecified atom stereocenters. The van der Waals surface area contributed by atoms with Crippen molar-refractivity contribution in [1.29, 1.82) is 0 Å². The van der Waals surface area contributed by atoms with Crippen LogP contribution in [0.1, 0.15) is 62.0 Å². The lowest BCUT2D eigenvalue weighted by Crippen LogP contribution is -2.39. The number of carbonyl (C=O) groups excluding carboxylic acids is 2. The molecule has 2 aromatic carbocycles. The van der Waals surface area contributed by atoms with Gasteiger partial charge >= 0.3 is 5.97 Å². The summed E-state index contributed by atoms with van der Waals surface area (Å²) in [5, 5.41) is 10.3. The maximum atomic E-state index is 13.3. The number of benzene rings is 2. The third-order valence-electron chi connectivity index (χ3n) is 7.21. The highest BCUT2D eigenvalue weighted by Gasteiger charge is 2.43. The normalized spacial score (nSPS) is 18.2. The average molecular weight is 540 g/mol. The zero-order valence-electron chi connectivity index (χ0n) is 20.3. The van der Waals surface area contributed by atoms with Crippen LogP contribution < -0.4 is 4.74 Å². The summed E-state index contributed by atoms with van der Waals surface area (Å²) in [6, 6.07) is 12.8. The molecule has 0 saturated carbocycles. The molecule has 0 radical (unpaired) electrons. The molecule has 0 fully saturated rings. The Morgan fingerprint density at radius 3 is 2.22 bits per heavy atom. The molecule has 1 N–H and O–H groups in total. The van der Waals surface area contributed by atoms with Crippen LogP contribution in [0.5, 0.6) is 5.75 Å². The summed E-state index contributed by atoms with van der Waals surface area (Å²) in [4.78, 5) is 40.0. The topological polar surface area (TPSA) is 83.9 Å². The summed E-state index contributed by atoms with van der Waals surface area (Å²) in [6.07, 6.45) is 3.53. The van der Waals surface area contributed by atoms with Crippen molar-refractivity contribution in [3.63, 3.8) is 0 Å². The second-order valence-corrected chi connectivity index (χ2v) is 10.5. The summed E-state index contributed by atoms with van der Waals surface area (Å²) in [7, 11) is 0. The van der Waals surface area contributed by atoms with E-state index in [-0.39, 0.29) is 24.5 Å². The summed E-state index contributed by atoms with van der Waals surface area (Å²) in [5.74, 6) is -0.901. The van der Waals surface area contributed by atoms with Crippen molar-refractivity contribution in [1.82, 2.24) is 4.90 Å². The monoisotopic (exact) mass is 539 g/mol. The Morgan fingerprint density at radius 1 is 0.946 bits per heavy atom. The van der Waals surface area contributed by atoms with Crippen molar-refractivity contribution < 1.29 is 24.2 Å². The van der Waals surface area contributed by atoms with E-state index < -0.39 is 11.9 Å². The summed E-state index contributed by atoms with van der Waals surface area (Å²) in [5.41, 5.74) is 4.60. The standard InChI is InChI=1S/C29H27Cl2NO5/c30-19-5-1-4-17(14-19)16-37-25-11-10-18(15-20(25)31)27-28-21(6-2-8-23(28)33)32(13-12-26(35)36)22-7-3-9-24(34)29(22)27/h1,4-5,10-11,14-15,27H,2-3,6-9,12-13,16H2,(H,35,36). The van der Waals surface area contributed by atoms with Gasteiger partial charge in [-0.15, -0.1) is 0 Å². The average Bonchev–Trinajstić information content (AvgIpc) is 2.86. The van der Waals surface area contributed by atoms with Gasteiger partial charge in [0.25, 0.3) is 0 Å². The Bertz CT molecular complexity index is 1300. The van der Waals surface area contributed by atoms with Crippen LogP contribution in [0.4, 0.5) is 0 Å². The van der Waals surface area contributed by atoms with Crippen molar-refractivity contribution in [2.24, 2.45) is 0 Å². The minimum Gasteiger partial charge on any atom is -0.487 e. The molecule has 5 rings (SSSR count). The Labute approximate surface area is 225 Å². The lowest BCUT2D eigenvalue weighted by Gasteiger charge is -2.44. The molecule has 1 heterocycles. The van der Waals surface area contributed by atoms with Crippen LogP contribution in [0.3, 0.4) is 0 Å². The third-order valence-corrected chi connectivity index (χ3v) is 7.74. The van der Waals surface area contributed by atoms with Gasteiger partial charge in [0, 0.05) is 52.9 Å². The fraction of sp³-hybridized carbons (Fsp3) is 0.345. The molecule has 37 heavy (non-hydrogen) atoms. The maximum Gasteiger partial charge on any atom is 0.305 e. The molecule has 0 saturated heterocycles. The van der Waals surface area contributed by atoms with Gasteiger partial charge in [0.05, 0.1) is 11.4 Å². The van der Waals surface area contributed by atoms with Gasteiger partial charge in [0.2, 0.25) is 0 Å². The van der Waals surface area contributed by atoms with E-state index >= 15 is 0 Å². The highest BCUT2D eigenvalue weighted by Crippen LogP contribution is 2.49. The van der Waals surface area contributed by atoms with Crippen molar-refractivity contribution in [2.45, 2.75) is 57.5 Å². The number of carboxylic acids is 1. The van der Waals surface area contributed by atoms with Crippen LogP contribution in [0.25, 0.3) is 0 Å². The first-order valence-electron chi connectivity index (χ1n) is 12.5. The maximum absolute atomic E-state index is 13.3. The number of hydrogen-bond donors (Lipinski definition) is 1. The van der Waals surface area contributed by atoms with Crippen molar-refractivity contribution in [3.8, 4) is 5.75 Å². The lowest BCUT2D eigenvalue weighted by atomic mass is 9.71. The number of nitrogens with zero attached hydrogens (tertiary/aromatic N) is 1. The number of ether oxygens (including phenoxy) is 1.